The van der Waals surface area contributed by atoms with Gasteiger partial charge >= 0.3 is 6.01 Å². The number of hydrogen-bond acceptors (Lipinski definition) is 10. The van der Waals surface area contributed by atoms with Crippen LogP contribution in [0.1, 0.15) is 22.9 Å². The fourth-order valence-corrected chi connectivity index (χ4v) is 3.64. The van der Waals surface area contributed by atoms with Crippen molar-refractivity contribution < 1.29 is 18.4 Å². The molecule has 0 atom stereocenters. The summed E-state index contributed by atoms with van der Waals surface area (Å²) in [6.07, 6.45) is 3.79. The quantitative estimate of drug-likeness (QED) is 0.340. The van der Waals surface area contributed by atoms with Crippen LogP contribution in [0.2, 0.25) is 0 Å². The van der Waals surface area contributed by atoms with Crippen LogP contribution in [0.3, 0.4) is 0 Å². The topological polar surface area (TPSA) is 142 Å². The molecule has 3 aromatic heterocycles. The van der Waals surface area contributed by atoms with Gasteiger partial charge in [-0.2, -0.15) is 0 Å². The van der Waals surface area contributed by atoms with Crippen LogP contribution in [0.25, 0.3) is 5.70 Å². The highest BCUT2D eigenvalue weighted by Crippen LogP contribution is 2.23. The Labute approximate surface area is 197 Å². The summed E-state index contributed by atoms with van der Waals surface area (Å²) in [4.78, 5) is 9.86. The number of anilines is 1. The zero-order chi connectivity index (χ0) is 24.4. The lowest BCUT2D eigenvalue weighted by Gasteiger charge is -2.28. The van der Waals surface area contributed by atoms with E-state index in [4.69, 9.17) is 9.93 Å². The van der Waals surface area contributed by atoms with E-state index in [2.05, 4.69) is 30.6 Å². The van der Waals surface area contributed by atoms with Crippen LogP contribution in [-0.2, 0) is 19.6 Å². The highest BCUT2D eigenvalue weighted by Gasteiger charge is 2.25. The molecule has 0 saturated carbocycles. The molecule has 178 valence electrons. The van der Waals surface area contributed by atoms with E-state index < -0.39 is 5.82 Å². The number of aromatic hydroxyl groups is 1. The zero-order valence-corrected chi connectivity index (χ0v) is 18.2. The molecule has 0 spiro atoms. The van der Waals surface area contributed by atoms with Crippen molar-refractivity contribution in [2.24, 2.45) is 0 Å². The minimum Gasteiger partial charge on any atom is -0.479 e. The lowest BCUT2D eigenvalue weighted by Crippen LogP contribution is -2.35. The fourth-order valence-electron chi connectivity index (χ4n) is 3.64. The van der Waals surface area contributed by atoms with E-state index >= 15 is 0 Å². The van der Waals surface area contributed by atoms with Gasteiger partial charge in [-0.15, -0.1) is 5.10 Å². The maximum Gasteiger partial charge on any atom is 0.314 e. The van der Waals surface area contributed by atoms with Crippen LogP contribution in [0.4, 0.5) is 14.6 Å². The molecule has 11 nitrogen and oxygen atoms in total. The van der Waals surface area contributed by atoms with Gasteiger partial charge in [0.1, 0.15) is 23.5 Å². The Morgan fingerprint density at radius 1 is 1.17 bits per heavy atom. The predicted octanol–water partition coefficient (Wildman–Crippen LogP) is 2.26. The monoisotopic (exact) mass is 479 g/mol. The molecule has 1 aliphatic rings. The number of nitrogens with one attached hydrogen (secondary N) is 2. The molecule has 0 fully saturated rings. The normalized spacial score (nSPS) is 13.5. The van der Waals surface area contributed by atoms with Crippen molar-refractivity contribution in [2.75, 3.05) is 11.4 Å². The van der Waals surface area contributed by atoms with Crippen molar-refractivity contribution in [1.82, 2.24) is 35.2 Å². The van der Waals surface area contributed by atoms with Crippen molar-refractivity contribution in [3.8, 4) is 6.01 Å². The minimum atomic E-state index is -0.655. The molecule has 0 bridgehead atoms. The summed E-state index contributed by atoms with van der Waals surface area (Å²) < 4.78 is 35.1. The number of rotatable bonds is 7. The van der Waals surface area contributed by atoms with Gasteiger partial charge in [0.15, 0.2) is 23.3 Å². The smallest absolute Gasteiger partial charge is 0.314 e. The van der Waals surface area contributed by atoms with Crippen molar-refractivity contribution in [3.05, 3.63) is 83.4 Å². The molecule has 0 amide bonds. The van der Waals surface area contributed by atoms with Crippen molar-refractivity contribution >= 4 is 17.2 Å². The third kappa shape index (κ3) is 4.55. The average Bonchev–Trinajstić information content (AvgIpc) is 3.53. The molecule has 1 aliphatic heterocycles. The van der Waals surface area contributed by atoms with Gasteiger partial charge in [0.05, 0.1) is 18.4 Å². The maximum atomic E-state index is 14.6. The number of allylic oxidation sites excluding steroid dienone is 1. The maximum absolute atomic E-state index is 14.6. The van der Waals surface area contributed by atoms with Crippen LogP contribution >= 0.6 is 0 Å². The van der Waals surface area contributed by atoms with Gasteiger partial charge in [0, 0.05) is 31.3 Å². The second kappa shape index (κ2) is 9.29. The van der Waals surface area contributed by atoms with Gasteiger partial charge < -0.3 is 19.8 Å². The molecule has 5 rings (SSSR count). The molecule has 0 radical (unpaired) electrons. The second-order valence-electron chi connectivity index (χ2n) is 7.66. The summed E-state index contributed by atoms with van der Waals surface area (Å²) in [7, 11) is 0. The number of halogens is 2. The number of aromatic nitrogens is 6. The molecule has 0 unspecified atom stereocenters. The summed E-state index contributed by atoms with van der Waals surface area (Å²) in [5, 5.41) is 32.7. The third-order valence-electron chi connectivity index (χ3n) is 5.43. The van der Waals surface area contributed by atoms with Gasteiger partial charge in [-0.1, -0.05) is 28.5 Å². The van der Waals surface area contributed by atoms with Gasteiger partial charge in [-0.05, 0) is 12.1 Å². The minimum absolute atomic E-state index is 0.00388. The lowest BCUT2D eigenvalue weighted by molar-refractivity contribution is 0.385. The van der Waals surface area contributed by atoms with E-state index in [0.717, 1.165) is 6.20 Å². The van der Waals surface area contributed by atoms with Crippen LogP contribution in [-0.4, -0.2) is 47.3 Å². The Kier molecular flexibility index (Phi) is 5.87. The standard InChI is InChI=1S/C22H19F2N9O2/c23-14-4-2-1-3-13(14)10-26-18(17-5-8-35-31-17)9-16(25)20-27-11-15(24)21(28-20)32-6-7-33-19(12-32)29-30-22(33)34/h1-5,8-9,11,25-26H,6-7,10,12H2,(H,30,34)/b18-9-,25-16?. The molecule has 4 aromatic rings. The molecular formula is C22H19F2N9O2. The Balaban J connectivity index is 1.40. The fraction of sp³-hybridized carbons (Fsp3) is 0.182. The molecule has 3 N–H and O–H groups in total. The summed E-state index contributed by atoms with van der Waals surface area (Å²) in [5.74, 6) is -0.577. The highest BCUT2D eigenvalue weighted by molar-refractivity contribution is 6.07. The van der Waals surface area contributed by atoms with Crippen LogP contribution in [0.15, 0.2) is 53.4 Å². The predicted molar refractivity (Wildman–Crippen MR) is 119 cm³/mol. The first kappa shape index (κ1) is 22.1. The molecule has 0 aliphatic carbocycles. The van der Waals surface area contributed by atoms with Gasteiger partial charge in [0.25, 0.3) is 0 Å². The van der Waals surface area contributed by atoms with E-state index in [0.29, 0.717) is 35.9 Å². The number of nitrogens with zero attached hydrogens (tertiary/aromatic N) is 7. The van der Waals surface area contributed by atoms with Crippen LogP contribution < -0.4 is 10.2 Å². The zero-order valence-electron chi connectivity index (χ0n) is 18.2. The summed E-state index contributed by atoms with van der Waals surface area (Å²) in [6.45, 7) is 1.01. The Morgan fingerprint density at radius 3 is 2.83 bits per heavy atom. The van der Waals surface area contributed by atoms with E-state index in [-0.39, 0.29) is 42.3 Å². The number of hydrogen-bond donors (Lipinski definition) is 3. The Bertz CT molecular complexity index is 1400. The first-order valence-corrected chi connectivity index (χ1v) is 10.6. The van der Waals surface area contributed by atoms with E-state index in [1.165, 1.54) is 23.0 Å². The highest BCUT2D eigenvalue weighted by atomic mass is 19.1. The molecular weight excluding hydrogens is 460 g/mol. The number of fused-ring (bicyclic) bond motifs is 1. The number of benzene rings is 1. The Hall–Kier alpha value is -4.68. The second-order valence-corrected chi connectivity index (χ2v) is 7.66. The third-order valence-corrected chi connectivity index (χ3v) is 5.43. The van der Waals surface area contributed by atoms with Crippen molar-refractivity contribution in [3.63, 3.8) is 0 Å². The van der Waals surface area contributed by atoms with Crippen molar-refractivity contribution in [2.45, 2.75) is 19.6 Å². The first-order chi connectivity index (χ1) is 17.0. The van der Waals surface area contributed by atoms with E-state index in [1.807, 2.05) is 0 Å². The lowest BCUT2D eigenvalue weighted by atomic mass is 10.2. The van der Waals surface area contributed by atoms with Crippen LogP contribution in [0, 0.1) is 17.0 Å². The molecule has 13 heteroatoms. The van der Waals surface area contributed by atoms with Gasteiger partial charge in [-0.25, -0.2) is 18.7 Å². The molecule has 0 saturated heterocycles. The average molecular weight is 479 g/mol. The van der Waals surface area contributed by atoms with Crippen LogP contribution in [0.5, 0.6) is 6.01 Å². The van der Waals surface area contributed by atoms with E-state index in [9.17, 15) is 13.9 Å². The van der Waals surface area contributed by atoms with E-state index in [1.54, 1.807) is 29.2 Å². The largest absolute Gasteiger partial charge is 0.479 e. The molecule has 35 heavy (non-hydrogen) atoms. The first-order valence-electron chi connectivity index (χ1n) is 10.6. The van der Waals surface area contributed by atoms with Gasteiger partial charge in [-0.3, -0.25) is 9.98 Å². The summed E-state index contributed by atoms with van der Waals surface area (Å²) >= 11 is 0. The molecule has 4 heterocycles. The summed E-state index contributed by atoms with van der Waals surface area (Å²) in [5.41, 5.74) is 1.08. The Morgan fingerprint density at radius 2 is 2.03 bits per heavy atom. The SMILES string of the molecule is N=C(/C=C(\NCc1ccccc1F)c1ccon1)c1ncc(F)c(N2CCn3c(O)nnc3C2)n1. The summed E-state index contributed by atoms with van der Waals surface area (Å²) in [6, 6.07) is 7.71. The molecule has 1 aromatic carbocycles. The van der Waals surface area contributed by atoms with Crippen molar-refractivity contribution in [1.29, 1.82) is 5.41 Å². The van der Waals surface area contributed by atoms with Gasteiger partial charge in [0.2, 0.25) is 0 Å².